The average molecular weight is 286 g/mol. The van der Waals surface area contributed by atoms with Gasteiger partial charge in [-0.15, -0.1) is 0 Å². The third kappa shape index (κ3) is 4.84. The van der Waals surface area contributed by atoms with Crippen molar-refractivity contribution in [2.24, 2.45) is 0 Å². The summed E-state index contributed by atoms with van der Waals surface area (Å²) >= 11 is 0. The second-order valence-corrected chi connectivity index (χ2v) is 11.0. The zero-order valence-electron chi connectivity index (χ0n) is 11.2. The Morgan fingerprint density at radius 2 is 1.95 bits per heavy atom. The van der Waals surface area contributed by atoms with Crippen LogP contribution in [0.2, 0.25) is 25.7 Å². The summed E-state index contributed by atoms with van der Waals surface area (Å²) < 4.78 is 6.57. The molecule has 0 atom stereocenters. The summed E-state index contributed by atoms with van der Waals surface area (Å²) in [6, 6.07) is 0.954. The van der Waals surface area contributed by atoms with E-state index >= 15 is 0 Å². The van der Waals surface area contributed by atoms with Gasteiger partial charge in [-0.1, -0.05) is 19.6 Å². The molecule has 0 spiro atoms. The zero-order chi connectivity index (χ0) is 14.6. The monoisotopic (exact) mass is 286 g/mol. The first-order valence-corrected chi connectivity index (χ1v) is 9.53. The fraction of sp³-hybridized carbons (Fsp3) is 0.545. The third-order valence-corrected chi connectivity index (χ3v) is 4.12. The van der Waals surface area contributed by atoms with Gasteiger partial charge in [0.1, 0.15) is 6.73 Å². The van der Waals surface area contributed by atoms with Crippen molar-refractivity contribution in [3.63, 3.8) is 0 Å². The van der Waals surface area contributed by atoms with E-state index in [1.54, 1.807) is 0 Å². The van der Waals surface area contributed by atoms with Crippen molar-refractivity contribution in [3.8, 4) is 0 Å². The second-order valence-electron chi connectivity index (χ2n) is 5.38. The summed E-state index contributed by atoms with van der Waals surface area (Å²) in [5.74, 6) is -2.87. The number of carboxylic acid groups (broad SMARTS) is 2. The molecule has 8 heteroatoms. The van der Waals surface area contributed by atoms with Gasteiger partial charge in [0.05, 0.1) is 0 Å². The van der Waals surface area contributed by atoms with E-state index in [9.17, 15) is 9.59 Å². The van der Waals surface area contributed by atoms with Crippen molar-refractivity contribution < 1.29 is 24.5 Å². The molecular formula is C11H18N2O5Si. The van der Waals surface area contributed by atoms with E-state index in [0.717, 1.165) is 6.04 Å². The smallest absolute Gasteiger partial charge is 0.372 e. The predicted molar refractivity (Wildman–Crippen MR) is 70.3 cm³/mol. The quantitative estimate of drug-likeness (QED) is 0.583. The molecule has 0 saturated heterocycles. The molecule has 0 unspecified atom stereocenters. The highest BCUT2D eigenvalue weighted by Crippen LogP contribution is 2.09. The fourth-order valence-corrected chi connectivity index (χ4v) is 2.09. The Labute approximate surface area is 111 Å². The average Bonchev–Trinajstić information content (AvgIpc) is 2.67. The third-order valence-electron chi connectivity index (χ3n) is 2.41. The summed E-state index contributed by atoms with van der Waals surface area (Å²) in [5.41, 5.74) is -0.300. The van der Waals surface area contributed by atoms with E-state index in [1.807, 2.05) is 0 Å². The van der Waals surface area contributed by atoms with Crippen LogP contribution in [0.4, 0.5) is 0 Å². The van der Waals surface area contributed by atoms with E-state index in [4.69, 9.17) is 14.9 Å². The molecule has 0 aliphatic rings. The molecule has 2 N–H and O–H groups in total. The van der Waals surface area contributed by atoms with E-state index in [2.05, 4.69) is 24.6 Å². The summed E-state index contributed by atoms with van der Waals surface area (Å²) in [6.07, 6.45) is 1.17. The lowest BCUT2D eigenvalue weighted by Crippen LogP contribution is -2.22. The van der Waals surface area contributed by atoms with Gasteiger partial charge >= 0.3 is 11.9 Å². The molecule has 0 aromatic carbocycles. The summed E-state index contributed by atoms with van der Waals surface area (Å²) in [4.78, 5) is 25.2. The number of hydrogen-bond donors (Lipinski definition) is 2. The van der Waals surface area contributed by atoms with Crippen LogP contribution in [0.5, 0.6) is 0 Å². The molecule has 0 aliphatic heterocycles. The van der Waals surface area contributed by atoms with E-state index in [-0.39, 0.29) is 18.2 Å². The Kier molecular flexibility index (Phi) is 4.84. The molecule has 1 aromatic heterocycles. The maximum atomic E-state index is 10.9. The molecule has 19 heavy (non-hydrogen) atoms. The van der Waals surface area contributed by atoms with E-state index in [1.165, 1.54) is 10.8 Å². The van der Waals surface area contributed by atoms with Crippen LogP contribution in [0.3, 0.4) is 0 Å². The summed E-state index contributed by atoms with van der Waals surface area (Å²) in [6.45, 7) is 7.14. The number of carbonyl (C=O) groups is 2. The maximum Gasteiger partial charge on any atom is 0.372 e. The highest BCUT2D eigenvalue weighted by Gasteiger charge is 2.18. The minimum absolute atomic E-state index is 0.00755. The van der Waals surface area contributed by atoms with Crippen molar-refractivity contribution in [1.29, 1.82) is 0 Å². The molecular weight excluding hydrogens is 268 g/mol. The predicted octanol–water partition coefficient (Wildman–Crippen LogP) is 1.59. The lowest BCUT2D eigenvalue weighted by molar-refractivity contribution is 0.0612. The van der Waals surface area contributed by atoms with Crippen LogP contribution in [0.1, 0.15) is 21.1 Å². The van der Waals surface area contributed by atoms with Crippen molar-refractivity contribution in [2.75, 3.05) is 6.61 Å². The SMILES string of the molecule is C[Si](C)(C)CCOCn1cc(C(=O)O)nc1C(=O)O. The minimum atomic E-state index is -1.28. The Hall–Kier alpha value is -1.67. The Morgan fingerprint density at radius 3 is 2.42 bits per heavy atom. The van der Waals surface area contributed by atoms with Gasteiger partial charge in [-0.25, -0.2) is 14.6 Å². The number of ether oxygens (including phenoxy) is 1. The first-order valence-electron chi connectivity index (χ1n) is 5.82. The van der Waals surface area contributed by atoms with Crippen LogP contribution < -0.4 is 0 Å². The number of hydrogen-bond acceptors (Lipinski definition) is 4. The highest BCUT2D eigenvalue weighted by atomic mass is 28.3. The Balaban J connectivity index is 2.67. The van der Waals surface area contributed by atoms with Gasteiger partial charge in [0.2, 0.25) is 5.82 Å². The van der Waals surface area contributed by atoms with E-state index in [0.29, 0.717) is 6.61 Å². The van der Waals surface area contributed by atoms with Crippen LogP contribution in [0.15, 0.2) is 6.20 Å². The van der Waals surface area contributed by atoms with Gasteiger partial charge in [-0.2, -0.15) is 0 Å². The summed E-state index contributed by atoms with van der Waals surface area (Å²) in [5, 5.41) is 17.7. The first-order chi connectivity index (χ1) is 8.70. The van der Waals surface area contributed by atoms with Crippen molar-refractivity contribution in [1.82, 2.24) is 9.55 Å². The van der Waals surface area contributed by atoms with Crippen LogP contribution in [0.25, 0.3) is 0 Å². The largest absolute Gasteiger partial charge is 0.476 e. The molecule has 0 fully saturated rings. The van der Waals surface area contributed by atoms with Crippen LogP contribution >= 0.6 is 0 Å². The molecule has 1 heterocycles. The van der Waals surface area contributed by atoms with Crippen LogP contribution in [-0.4, -0.2) is 46.4 Å². The van der Waals surface area contributed by atoms with Crippen molar-refractivity contribution >= 4 is 20.0 Å². The van der Waals surface area contributed by atoms with Crippen LogP contribution in [0, 0.1) is 0 Å². The van der Waals surface area contributed by atoms with Crippen molar-refractivity contribution in [2.45, 2.75) is 32.4 Å². The number of rotatable bonds is 7. The van der Waals surface area contributed by atoms with Gasteiger partial charge in [-0.05, 0) is 6.04 Å². The molecule has 0 amide bonds. The minimum Gasteiger partial charge on any atom is -0.476 e. The van der Waals surface area contributed by atoms with E-state index < -0.39 is 20.0 Å². The highest BCUT2D eigenvalue weighted by molar-refractivity contribution is 6.76. The van der Waals surface area contributed by atoms with Gasteiger partial charge in [0.15, 0.2) is 5.69 Å². The fourth-order valence-electron chi connectivity index (χ4n) is 1.33. The molecule has 0 aliphatic carbocycles. The van der Waals surface area contributed by atoms with Gasteiger partial charge in [0.25, 0.3) is 0 Å². The molecule has 0 radical (unpaired) electrons. The van der Waals surface area contributed by atoms with Gasteiger partial charge in [0, 0.05) is 20.9 Å². The number of aromatic carboxylic acids is 2. The van der Waals surface area contributed by atoms with Gasteiger partial charge in [-0.3, -0.25) is 0 Å². The molecule has 0 saturated carbocycles. The Morgan fingerprint density at radius 1 is 1.32 bits per heavy atom. The van der Waals surface area contributed by atoms with Crippen molar-refractivity contribution in [3.05, 3.63) is 17.7 Å². The summed E-state index contributed by atoms with van der Waals surface area (Å²) in [7, 11) is -1.20. The number of imidazole rings is 1. The van der Waals surface area contributed by atoms with Gasteiger partial charge < -0.3 is 19.5 Å². The number of aromatic nitrogens is 2. The molecule has 106 valence electrons. The number of carboxylic acids is 2. The number of nitrogens with zero attached hydrogens (tertiary/aromatic N) is 2. The maximum absolute atomic E-state index is 10.9. The first kappa shape index (κ1) is 15.4. The Bertz CT molecular complexity index is 478. The van der Waals surface area contributed by atoms with Crippen LogP contribution in [-0.2, 0) is 11.5 Å². The second kappa shape index (κ2) is 5.98. The topological polar surface area (TPSA) is 102 Å². The normalized spacial score (nSPS) is 11.5. The lowest BCUT2D eigenvalue weighted by atomic mass is 10.5. The standard InChI is InChI=1S/C11H18N2O5Si/c1-19(2,3)5-4-18-7-13-6-8(10(14)15)12-9(13)11(16)17/h6H,4-5,7H2,1-3H3,(H,14,15)(H,16,17). The molecule has 0 bridgehead atoms. The lowest BCUT2D eigenvalue weighted by Gasteiger charge is -2.15. The molecule has 7 nitrogen and oxygen atoms in total. The molecule has 1 aromatic rings. The molecule has 1 rings (SSSR count). The zero-order valence-corrected chi connectivity index (χ0v) is 12.2.